The van der Waals surface area contributed by atoms with Gasteiger partial charge in [-0.05, 0) is 45.3 Å². The summed E-state index contributed by atoms with van der Waals surface area (Å²) in [5.41, 5.74) is 1.37. The molecule has 25 heavy (non-hydrogen) atoms. The van der Waals surface area contributed by atoms with E-state index < -0.39 is 0 Å². The summed E-state index contributed by atoms with van der Waals surface area (Å²) in [5, 5.41) is 3.10. The van der Waals surface area contributed by atoms with Crippen LogP contribution in [0.4, 0.5) is 0 Å². The molecule has 2 rings (SSSR count). The average molecular weight is 390 g/mol. The van der Waals surface area contributed by atoms with E-state index in [0.29, 0.717) is 18.5 Å². The van der Waals surface area contributed by atoms with Crippen molar-refractivity contribution in [3.8, 4) is 0 Å². The standard InChI is InChI=1S/C19H31N3O.2ClH/c1-16-14-18(21(3)19(23)10-7-12-20-2)11-13-22(16)15-17-8-5-4-6-9-17;;/h4-6,8-9,16,18,20H,7,10-15H2,1-3H3;2*1H. The van der Waals surface area contributed by atoms with E-state index >= 15 is 0 Å². The fourth-order valence-corrected chi connectivity index (χ4v) is 3.40. The molecule has 2 unspecified atom stereocenters. The lowest BCUT2D eigenvalue weighted by atomic mass is 9.96. The van der Waals surface area contributed by atoms with E-state index in [2.05, 4.69) is 47.5 Å². The highest BCUT2D eigenvalue weighted by atomic mass is 35.5. The highest BCUT2D eigenvalue weighted by Gasteiger charge is 2.29. The van der Waals surface area contributed by atoms with Crippen molar-refractivity contribution in [1.29, 1.82) is 0 Å². The van der Waals surface area contributed by atoms with Crippen LogP contribution in [0.3, 0.4) is 0 Å². The molecule has 2 atom stereocenters. The fraction of sp³-hybridized carbons (Fsp3) is 0.632. The van der Waals surface area contributed by atoms with E-state index in [4.69, 9.17) is 0 Å². The van der Waals surface area contributed by atoms with Crippen LogP contribution in [-0.2, 0) is 11.3 Å². The Labute approximate surface area is 165 Å². The Kier molecular flexibility index (Phi) is 12.1. The van der Waals surface area contributed by atoms with E-state index in [1.165, 1.54) is 5.56 Å². The maximum atomic E-state index is 12.3. The summed E-state index contributed by atoms with van der Waals surface area (Å²) < 4.78 is 0. The summed E-state index contributed by atoms with van der Waals surface area (Å²) in [6.07, 6.45) is 3.71. The number of nitrogens with zero attached hydrogens (tertiary/aromatic N) is 2. The smallest absolute Gasteiger partial charge is 0.222 e. The zero-order valence-electron chi connectivity index (χ0n) is 15.6. The normalized spacial score (nSPS) is 20.3. The molecule has 0 saturated carbocycles. The van der Waals surface area contributed by atoms with Gasteiger partial charge in [-0.2, -0.15) is 0 Å². The molecule has 1 aliphatic rings. The van der Waals surface area contributed by atoms with Gasteiger partial charge in [-0.15, -0.1) is 24.8 Å². The lowest BCUT2D eigenvalue weighted by Gasteiger charge is -2.41. The largest absolute Gasteiger partial charge is 0.343 e. The maximum Gasteiger partial charge on any atom is 0.222 e. The Morgan fingerprint density at radius 2 is 1.96 bits per heavy atom. The van der Waals surface area contributed by atoms with Gasteiger partial charge < -0.3 is 10.2 Å². The molecular weight excluding hydrogens is 357 g/mol. The molecule has 0 spiro atoms. The topological polar surface area (TPSA) is 35.6 Å². The molecule has 1 amide bonds. The highest BCUT2D eigenvalue weighted by molar-refractivity contribution is 5.85. The quantitative estimate of drug-likeness (QED) is 0.726. The van der Waals surface area contributed by atoms with Crippen molar-refractivity contribution in [2.75, 3.05) is 27.2 Å². The Morgan fingerprint density at radius 3 is 2.56 bits per heavy atom. The van der Waals surface area contributed by atoms with E-state index in [0.717, 1.165) is 38.9 Å². The summed E-state index contributed by atoms with van der Waals surface area (Å²) in [7, 11) is 3.91. The van der Waals surface area contributed by atoms with Crippen LogP contribution < -0.4 is 5.32 Å². The third-order valence-corrected chi connectivity index (χ3v) is 4.97. The third-order valence-electron chi connectivity index (χ3n) is 4.97. The van der Waals surface area contributed by atoms with Crippen molar-refractivity contribution in [2.24, 2.45) is 0 Å². The molecule has 1 aromatic carbocycles. The molecule has 0 bridgehead atoms. The monoisotopic (exact) mass is 389 g/mol. The van der Waals surface area contributed by atoms with Crippen LogP contribution in [0.15, 0.2) is 30.3 Å². The van der Waals surface area contributed by atoms with Crippen LogP contribution >= 0.6 is 24.8 Å². The minimum Gasteiger partial charge on any atom is -0.343 e. The number of piperidine rings is 1. The first-order valence-corrected chi connectivity index (χ1v) is 8.80. The molecular formula is C19H33Cl2N3O. The number of hydrogen-bond donors (Lipinski definition) is 1. The van der Waals surface area contributed by atoms with Crippen LogP contribution in [0.25, 0.3) is 0 Å². The lowest BCUT2D eigenvalue weighted by molar-refractivity contribution is -0.133. The second kappa shape index (κ2) is 12.5. The number of carbonyl (C=O) groups excluding carboxylic acids is 1. The molecule has 0 aromatic heterocycles. The molecule has 1 aromatic rings. The molecule has 0 radical (unpaired) electrons. The highest BCUT2D eigenvalue weighted by Crippen LogP contribution is 2.23. The van der Waals surface area contributed by atoms with Gasteiger partial charge in [-0.1, -0.05) is 30.3 Å². The molecule has 1 saturated heterocycles. The summed E-state index contributed by atoms with van der Waals surface area (Å²) in [6, 6.07) is 11.6. The second-order valence-electron chi connectivity index (χ2n) is 6.70. The number of rotatable bonds is 7. The first-order chi connectivity index (χ1) is 11.1. The molecule has 1 fully saturated rings. The Bertz CT molecular complexity index is 487. The molecule has 1 aliphatic heterocycles. The van der Waals surface area contributed by atoms with Gasteiger partial charge in [0.05, 0.1) is 0 Å². The first kappa shape index (κ1) is 24.2. The number of carbonyl (C=O) groups is 1. The second-order valence-corrected chi connectivity index (χ2v) is 6.70. The minimum atomic E-state index is 0. The van der Waals surface area contributed by atoms with Crippen molar-refractivity contribution in [1.82, 2.24) is 15.1 Å². The van der Waals surface area contributed by atoms with Gasteiger partial charge in [0, 0.05) is 38.6 Å². The Morgan fingerprint density at radius 1 is 1.28 bits per heavy atom. The van der Waals surface area contributed by atoms with Gasteiger partial charge >= 0.3 is 0 Å². The van der Waals surface area contributed by atoms with Crippen LogP contribution in [0.2, 0.25) is 0 Å². The predicted octanol–water partition coefficient (Wildman–Crippen LogP) is 3.34. The summed E-state index contributed by atoms with van der Waals surface area (Å²) >= 11 is 0. The number of nitrogens with one attached hydrogen (secondary N) is 1. The number of halogens is 2. The van der Waals surface area contributed by atoms with E-state index in [-0.39, 0.29) is 30.7 Å². The Hall–Kier alpha value is -0.810. The van der Waals surface area contributed by atoms with Crippen molar-refractivity contribution in [3.05, 3.63) is 35.9 Å². The third kappa shape index (κ3) is 7.53. The summed E-state index contributed by atoms with van der Waals surface area (Å²) in [5.74, 6) is 0.286. The number of hydrogen-bond acceptors (Lipinski definition) is 3. The number of benzene rings is 1. The first-order valence-electron chi connectivity index (χ1n) is 8.80. The molecule has 6 heteroatoms. The van der Waals surface area contributed by atoms with Crippen LogP contribution in [0.5, 0.6) is 0 Å². The molecule has 4 nitrogen and oxygen atoms in total. The zero-order valence-corrected chi connectivity index (χ0v) is 17.2. The predicted molar refractivity (Wildman–Crippen MR) is 110 cm³/mol. The van der Waals surface area contributed by atoms with Crippen LogP contribution in [0, 0.1) is 0 Å². The van der Waals surface area contributed by atoms with Crippen LogP contribution in [-0.4, -0.2) is 55.0 Å². The SMILES string of the molecule is CNCCCC(=O)N(C)C1CCN(Cc2ccccc2)C(C)C1.Cl.Cl. The van der Waals surface area contributed by atoms with Crippen molar-refractivity contribution >= 4 is 30.7 Å². The number of amides is 1. The molecule has 0 aliphatic carbocycles. The summed E-state index contributed by atoms with van der Waals surface area (Å²) in [6.45, 7) is 5.27. The maximum absolute atomic E-state index is 12.3. The van der Waals surface area contributed by atoms with Crippen LogP contribution in [0.1, 0.15) is 38.2 Å². The lowest BCUT2D eigenvalue weighted by Crippen LogP contribution is -2.49. The van der Waals surface area contributed by atoms with Crippen molar-refractivity contribution in [3.63, 3.8) is 0 Å². The van der Waals surface area contributed by atoms with Gasteiger partial charge in [0.15, 0.2) is 0 Å². The van der Waals surface area contributed by atoms with Gasteiger partial charge in [-0.25, -0.2) is 0 Å². The van der Waals surface area contributed by atoms with E-state index in [1.807, 2.05) is 19.0 Å². The molecule has 1 N–H and O–H groups in total. The van der Waals surface area contributed by atoms with Gasteiger partial charge in [0.2, 0.25) is 5.91 Å². The molecule has 144 valence electrons. The Balaban J connectivity index is 0.00000288. The zero-order chi connectivity index (χ0) is 16.7. The minimum absolute atomic E-state index is 0. The van der Waals surface area contributed by atoms with Crippen molar-refractivity contribution in [2.45, 2.75) is 51.2 Å². The van der Waals surface area contributed by atoms with Gasteiger partial charge in [0.25, 0.3) is 0 Å². The fourth-order valence-electron chi connectivity index (χ4n) is 3.40. The number of likely N-dealkylation sites (tertiary alicyclic amines) is 1. The van der Waals surface area contributed by atoms with Gasteiger partial charge in [-0.3, -0.25) is 9.69 Å². The molecule has 1 heterocycles. The average Bonchev–Trinajstić information content (AvgIpc) is 2.57. The summed E-state index contributed by atoms with van der Waals surface area (Å²) in [4.78, 5) is 16.8. The van der Waals surface area contributed by atoms with E-state index in [1.54, 1.807) is 0 Å². The van der Waals surface area contributed by atoms with E-state index in [9.17, 15) is 4.79 Å². The van der Waals surface area contributed by atoms with Gasteiger partial charge in [0.1, 0.15) is 0 Å². The van der Waals surface area contributed by atoms with Crippen molar-refractivity contribution < 1.29 is 4.79 Å².